The lowest BCUT2D eigenvalue weighted by Gasteiger charge is -2.33. The molecule has 0 saturated carbocycles. The van der Waals surface area contributed by atoms with Gasteiger partial charge in [-0.3, -0.25) is 9.59 Å². The number of hydrogen-bond donors (Lipinski definition) is 4. The number of rotatable bonds is 25. The van der Waals surface area contributed by atoms with E-state index < -0.39 is 29.9 Å². The van der Waals surface area contributed by atoms with Crippen LogP contribution >= 0.6 is 0 Å². The number of nitrogens with one attached hydrogen (secondary N) is 2. The van der Waals surface area contributed by atoms with Gasteiger partial charge in [-0.2, -0.15) is 0 Å². The third-order valence-electron chi connectivity index (χ3n) is 10.0. The Morgan fingerprint density at radius 3 is 0.919 bits per heavy atom. The number of amides is 2. The normalized spacial score (nSPS) is 12.0. The number of hydrogen-bond acceptors (Lipinski definition) is 14. The third-order valence-corrected chi connectivity index (χ3v) is 15.5. The summed E-state index contributed by atoms with van der Waals surface area (Å²) in [6, 6.07) is 38.5. The van der Waals surface area contributed by atoms with Gasteiger partial charge in [-0.05, 0) is 191 Å². The molecular weight excluding hydrogens is 977 g/mol. The first-order valence-electron chi connectivity index (χ1n) is 24.7. The van der Waals surface area contributed by atoms with Crippen LogP contribution in [0.2, 0.25) is 0 Å². The van der Waals surface area contributed by atoms with Crippen molar-refractivity contribution >= 4 is 52.7 Å². The van der Waals surface area contributed by atoms with E-state index >= 15 is 0 Å². The first-order valence-corrected chi connectivity index (χ1v) is 28.0. The molecule has 394 valence electrons. The van der Waals surface area contributed by atoms with Gasteiger partial charge in [0.25, 0.3) is 11.8 Å². The zero-order valence-electron chi connectivity index (χ0n) is 44.2. The lowest BCUT2D eigenvalue weighted by Crippen LogP contribution is -2.56. The van der Waals surface area contributed by atoms with Crippen LogP contribution in [0.4, 0.5) is 22.7 Å². The zero-order chi connectivity index (χ0) is 53.7. The first-order chi connectivity index (χ1) is 35.1. The molecule has 0 unspecified atom stereocenters. The topological polar surface area (TPSA) is 203 Å². The van der Waals surface area contributed by atoms with Crippen molar-refractivity contribution in [3.8, 4) is 45.6 Å². The van der Waals surface area contributed by atoms with E-state index in [1.807, 2.05) is 132 Å². The lowest BCUT2D eigenvalue weighted by atomic mass is 10.1. The molecule has 6 aromatic rings. The van der Waals surface area contributed by atoms with Crippen molar-refractivity contribution in [1.29, 1.82) is 0 Å². The van der Waals surface area contributed by atoms with Gasteiger partial charge in [0.15, 0.2) is 0 Å². The van der Waals surface area contributed by atoms with Gasteiger partial charge in [-0.25, -0.2) is 0 Å². The summed E-state index contributed by atoms with van der Waals surface area (Å²) < 4.78 is 63.5. The summed E-state index contributed by atoms with van der Waals surface area (Å²) in [7, 11) is -7.68. The molecule has 74 heavy (non-hydrogen) atoms. The van der Waals surface area contributed by atoms with E-state index in [1.165, 1.54) is 0 Å². The van der Waals surface area contributed by atoms with Gasteiger partial charge >= 0.3 is 18.1 Å². The van der Waals surface area contributed by atoms with Crippen LogP contribution < -0.4 is 40.4 Å². The van der Waals surface area contributed by atoms with Crippen molar-refractivity contribution < 1.29 is 54.5 Å². The molecule has 0 heterocycles. The number of anilines is 4. The highest BCUT2D eigenvalue weighted by molar-refractivity contribution is 6.55. The fourth-order valence-electron chi connectivity index (χ4n) is 7.19. The van der Waals surface area contributed by atoms with Gasteiger partial charge in [-0.1, -0.05) is 24.3 Å². The molecule has 6 N–H and O–H groups in total. The fourth-order valence-corrected chi connectivity index (χ4v) is 12.2. The minimum atomic E-state index is -3.84. The van der Waals surface area contributed by atoms with Crippen molar-refractivity contribution in [3.05, 3.63) is 145 Å². The van der Waals surface area contributed by atoms with Crippen LogP contribution in [0.25, 0.3) is 11.1 Å². The Morgan fingerprint density at radius 1 is 0.378 bits per heavy atom. The number of ether oxygens (including phenoxy) is 2. The number of carbonyl (C=O) groups excluding carboxylic acids is 2. The highest BCUT2D eigenvalue weighted by atomic mass is 28.4. The molecule has 0 bridgehead atoms. The molecule has 0 aliphatic rings. The minimum Gasteiger partial charge on any atom is -0.478 e. The number of nitrogens with two attached hydrogens (primary N) is 2. The van der Waals surface area contributed by atoms with Crippen LogP contribution in [0.1, 0.15) is 104 Å². The van der Waals surface area contributed by atoms with Crippen LogP contribution in [0.15, 0.2) is 133 Å². The van der Waals surface area contributed by atoms with Crippen LogP contribution in [-0.2, 0) is 26.6 Å². The largest absolute Gasteiger partial charge is 0.750 e. The Balaban J connectivity index is 1.23. The summed E-state index contributed by atoms with van der Waals surface area (Å²) in [5.41, 5.74) is 16.1. The third kappa shape index (κ3) is 16.6. The first kappa shape index (κ1) is 56.5. The molecule has 0 fully saturated rings. The van der Waals surface area contributed by atoms with E-state index in [0.29, 0.717) is 56.9 Å². The summed E-state index contributed by atoms with van der Waals surface area (Å²) in [6.07, 6.45) is -1.74. The van der Waals surface area contributed by atoms with Crippen LogP contribution in [0.5, 0.6) is 34.5 Å². The molecule has 0 aliphatic carbocycles. The summed E-state index contributed by atoms with van der Waals surface area (Å²) in [5, 5.41) is 5.94. The summed E-state index contributed by atoms with van der Waals surface area (Å²) in [5.74, 6) is 1.71. The fraction of sp³-hybridized carbons (Fsp3) is 0.321. The minimum absolute atomic E-state index is 0.273. The summed E-state index contributed by atoms with van der Waals surface area (Å²) in [6.45, 7) is 22.5. The molecule has 0 atom stereocenters. The second kappa shape index (κ2) is 25.5. The second-order valence-corrected chi connectivity index (χ2v) is 22.7. The molecule has 2 amide bonds. The smallest absolute Gasteiger partial charge is 0.478 e. The molecule has 0 saturated heterocycles. The highest BCUT2D eigenvalue weighted by Crippen LogP contribution is 2.38. The molecular formula is C56H70N4O12Si2. The molecule has 0 radical (unpaired) electrons. The average Bonchev–Trinajstić information content (AvgIpc) is 3.30. The van der Waals surface area contributed by atoms with E-state index in [0.717, 1.165) is 11.1 Å². The van der Waals surface area contributed by atoms with Gasteiger partial charge in [0.1, 0.15) is 34.5 Å². The van der Waals surface area contributed by atoms with Crippen LogP contribution in [-0.4, -0.2) is 66.5 Å². The monoisotopic (exact) mass is 1050 g/mol. The highest BCUT2D eigenvalue weighted by Gasteiger charge is 2.53. The van der Waals surface area contributed by atoms with Crippen LogP contribution in [0, 0.1) is 0 Å². The standard InChI is InChI=1S/C56H70N4O12Si2/c1-35(2)65-73(66-36(3)4,67-37(5)6)71-53-31-29-49(33-51(53)59-55(61)43-13-21-45(57)22-14-43)63-47-25-17-41(18-26-47)42-19-27-48(28-20-42)64-50-30-32-54(52(34-50)60-56(62)44-15-23-46(58)24-16-44)72-74(68-38(7)8,69-39(9)10)70-40(11)12/h13-40H,57-58H2,1-12H3,(H,59,61)(H,60,62). The van der Waals surface area contributed by atoms with Gasteiger partial charge in [0.05, 0.1) is 11.4 Å². The van der Waals surface area contributed by atoms with Crippen molar-refractivity contribution in [2.45, 2.75) is 120 Å². The predicted molar refractivity (Wildman–Crippen MR) is 293 cm³/mol. The van der Waals surface area contributed by atoms with Gasteiger partial charge in [-0.15, -0.1) is 0 Å². The van der Waals surface area contributed by atoms with E-state index in [2.05, 4.69) is 10.6 Å². The van der Waals surface area contributed by atoms with E-state index in [-0.39, 0.29) is 48.1 Å². The molecule has 16 nitrogen and oxygen atoms in total. The molecule has 6 aromatic carbocycles. The Morgan fingerprint density at radius 2 is 0.649 bits per heavy atom. The Hall–Kier alpha value is -6.75. The van der Waals surface area contributed by atoms with E-state index in [9.17, 15) is 9.59 Å². The lowest BCUT2D eigenvalue weighted by molar-refractivity contribution is -0.0476. The van der Waals surface area contributed by atoms with E-state index in [1.54, 1.807) is 84.9 Å². The van der Waals surface area contributed by atoms with Gasteiger partial charge in [0, 0.05) is 71.3 Å². The molecule has 0 aliphatic heterocycles. The maximum Gasteiger partial charge on any atom is 0.750 e. The van der Waals surface area contributed by atoms with Crippen molar-refractivity contribution in [1.82, 2.24) is 0 Å². The Labute approximate surface area is 437 Å². The summed E-state index contributed by atoms with van der Waals surface area (Å²) >= 11 is 0. The predicted octanol–water partition coefficient (Wildman–Crippen LogP) is 12.8. The maximum atomic E-state index is 13.6. The Kier molecular flexibility index (Phi) is 19.5. The quantitative estimate of drug-likeness (QED) is 0.0311. The Bertz CT molecular complexity index is 2530. The van der Waals surface area contributed by atoms with Crippen molar-refractivity contribution in [2.75, 3.05) is 22.1 Å². The molecule has 0 spiro atoms. The van der Waals surface area contributed by atoms with Gasteiger partial charge in [0.2, 0.25) is 0 Å². The zero-order valence-corrected chi connectivity index (χ0v) is 46.2. The number of carbonyl (C=O) groups is 2. The number of benzene rings is 6. The van der Waals surface area contributed by atoms with Crippen molar-refractivity contribution in [2.24, 2.45) is 0 Å². The number of nitrogen functional groups attached to an aromatic ring is 2. The SMILES string of the molecule is CC(C)O[Si](Oc1ccc(Oc2ccc(-c3ccc(Oc4ccc(O[Si](OC(C)C)(OC(C)C)OC(C)C)c(NC(=O)c5ccc(N)cc5)c4)cc3)cc2)cc1NC(=O)c1ccc(N)cc1)(OC(C)C)OC(C)C. The summed E-state index contributed by atoms with van der Waals surface area (Å²) in [4.78, 5) is 27.2. The average molecular weight is 1050 g/mol. The molecule has 6 rings (SSSR count). The molecule has 18 heteroatoms. The molecule has 0 aromatic heterocycles. The van der Waals surface area contributed by atoms with Crippen LogP contribution in [0.3, 0.4) is 0 Å². The van der Waals surface area contributed by atoms with E-state index in [4.69, 9.17) is 56.3 Å². The second-order valence-electron chi connectivity index (χ2n) is 18.9. The maximum absolute atomic E-state index is 13.6. The van der Waals surface area contributed by atoms with Crippen molar-refractivity contribution in [3.63, 3.8) is 0 Å². The van der Waals surface area contributed by atoms with Gasteiger partial charge < -0.3 is 67.0 Å².